The summed E-state index contributed by atoms with van der Waals surface area (Å²) in [5.41, 5.74) is 2.44. The van der Waals surface area contributed by atoms with E-state index in [1.54, 1.807) is 6.07 Å². The number of hydrogen-bond donors (Lipinski definition) is 2. The highest BCUT2D eigenvalue weighted by Crippen LogP contribution is 2.33. The van der Waals surface area contributed by atoms with Crippen LogP contribution in [0.5, 0.6) is 0 Å². The molecule has 2 N–H and O–H groups in total. The molecule has 3 nitrogen and oxygen atoms in total. The largest absolute Gasteiger partial charge is 0.384 e. The van der Waals surface area contributed by atoms with E-state index in [-0.39, 0.29) is 12.5 Å². The fourth-order valence-electron chi connectivity index (χ4n) is 2.16. The SMILES string of the molecule is CCC1CC1NC(=O)c1ccc(C)c(C#CCO)c1. The smallest absolute Gasteiger partial charge is 0.251 e. The second-order valence-electron chi connectivity index (χ2n) is 4.97. The molecule has 2 unspecified atom stereocenters. The number of aliphatic hydroxyl groups excluding tert-OH is 1. The van der Waals surface area contributed by atoms with Gasteiger partial charge in [-0.25, -0.2) is 0 Å². The maximum Gasteiger partial charge on any atom is 0.251 e. The molecule has 1 aromatic rings. The highest BCUT2D eigenvalue weighted by Gasteiger charge is 2.36. The van der Waals surface area contributed by atoms with Gasteiger partial charge in [0.1, 0.15) is 6.61 Å². The molecule has 2 rings (SSSR count). The van der Waals surface area contributed by atoms with E-state index >= 15 is 0 Å². The van der Waals surface area contributed by atoms with E-state index in [4.69, 9.17) is 5.11 Å². The van der Waals surface area contributed by atoms with E-state index in [9.17, 15) is 4.79 Å². The van der Waals surface area contributed by atoms with Gasteiger partial charge in [0, 0.05) is 17.2 Å². The minimum atomic E-state index is -0.171. The average molecular weight is 257 g/mol. The van der Waals surface area contributed by atoms with Crippen LogP contribution in [-0.4, -0.2) is 23.7 Å². The monoisotopic (exact) mass is 257 g/mol. The van der Waals surface area contributed by atoms with Crippen LogP contribution in [-0.2, 0) is 0 Å². The van der Waals surface area contributed by atoms with Gasteiger partial charge >= 0.3 is 0 Å². The zero-order valence-corrected chi connectivity index (χ0v) is 11.4. The van der Waals surface area contributed by atoms with Crippen LogP contribution in [0.3, 0.4) is 0 Å². The Hall–Kier alpha value is -1.79. The van der Waals surface area contributed by atoms with Crippen molar-refractivity contribution in [2.75, 3.05) is 6.61 Å². The minimum absolute atomic E-state index is 0.0343. The molecule has 0 saturated heterocycles. The van der Waals surface area contributed by atoms with Crippen LogP contribution in [0.4, 0.5) is 0 Å². The third-order valence-corrected chi connectivity index (χ3v) is 3.57. The number of aliphatic hydroxyl groups is 1. The standard InChI is InChI=1S/C16H19NO2/c1-3-12-10-15(12)17-16(19)14-7-6-11(2)13(9-14)5-4-8-18/h6-7,9,12,15,18H,3,8,10H2,1-2H3,(H,17,19). The zero-order chi connectivity index (χ0) is 13.8. The molecule has 1 amide bonds. The quantitative estimate of drug-likeness (QED) is 0.812. The van der Waals surface area contributed by atoms with Gasteiger partial charge in [0.2, 0.25) is 0 Å². The average Bonchev–Trinajstić information content (AvgIpc) is 3.16. The van der Waals surface area contributed by atoms with Gasteiger partial charge in [-0.3, -0.25) is 4.79 Å². The van der Waals surface area contributed by atoms with Crippen molar-refractivity contribution >= 4 is 5.91 Å². The predicted octanol–water partition coefficient (Wildman–Crippen LogP) is 1.87. The van der Waals surface area contributed by atoms with Crippen molar-refractivity contribution < 1.29 is 9.90 Å². The van der Waals surface area contributed by atoms with Gasteiger partial charge in [0.15, 0.2) is 0 Å². The van der Waals surface area contributed by atoms with Crippen molar-refractivity contribution in [3.05, 3.63) is 34.9 Å². The first-order valence-corrected chi connectivity index (χ1v) is 6.67. The first kappa shape index (κ1) is 13.6. The summed E-state index contributed by atoms with van der Waals surface area (Å²) in [6.45, 7) is 3.92. The number of rotatable bonds is 3. The second kappa shape index (κ2) is 5.90. The fourth-order valence-corrected chi connectivity index (χ4v) is 2.16. The van der Waals surface area contributed by atoms with Crippen molar-refractivity contribution in [1.82, 2.24) is 5.32 Å². The van der Waals surface area contributed by atoms with E-state index in [2.05, 4.69) is 24.1 Å². The first-order chi connectivity index (χ1) is 9.15. The molecular weight excluding hydrogens is 238 g/mol. The van der Waals surface area contributed by atoms with Crippen molar-refractivity contribution in [2.45, 2.75) is 32.7 Å². The van der Waals surface area contributed by atoms with Crippen LogP contribution >= 0.6 is 0 Å². The molecule has 100 valence electrons. The molecule has 2 atom stereocenters. The number of nitrogens with one attached hydrogen (secondary N) is 1. The maximum atomic E-state index is 12.1. The van der Waals surface area contributed by atoms with Crippen molar-refractivity contribution in [3.63, 3.8) is 0 Å². The van der Waals surface area contributed by atoms with Gasteiger partial charge in [-0.1, -0.05) is 31.3 Å². The molecule has 0 radical (unpaired) electrons. The minimum Gasteiger partial charge on any atom is -0.384 e. The van der Waals surface area contributed by atoms with E-state index in [0.717, 1.165) is 24.0 Å². The molecule has 3 heteroatoms. The van der Waals surface area contributed by atoms with Gasteiger partial charge in [-0.15, -0.1) is 0 Å². The van der Waals surface area contributed by atoms with Crippen LogP contribution in [0.25, 0.3) is 0 Å². The van der Waals surface area contributed by atoms with E-state index in [1.165, 1.54) is 0 Å². The lowest BCUT2D eigenvalue weighted by molar-refractivity contribution is 0.0949. The predicted molar refractivity (Wildman–Crippen MR) is 74.8 cm³/mol. The summed E-state index contributed by atoms with van der Waals surface area (Å²) in [5.74, 6) is 6.09. The number of aryl methyl sites for hydroxylation is 1. The Morgan fingerprint density at radius 1 is 1.53 bits per heavy atom. The Balaban J connectivity index is 2.09. The van der Waals surface area contributed by atoms with Gasteiger partial charge in [0.05, 0.1) is 0 Å². The third-order valence-electron chi connectivity index (χ3n) is 3.57. The molecule has 1 aliphatic rings. The molecule has 1 saturated carbocycles. The van der Waals surface area contributed by atoms with Crippen molar-refractivity contribution in [2.24, 2.45) is 5.92 Å². The number of carbonyl (C=O) groups is 1. The first-order valence-electron chi connectivity index (χ1n) is 6.67. The van der Waals surface area contributed by atoms with Crippen LogP contribution in [0.1, 0.15) is 41.3 Å². The third kappa shape index (κ3) is 3.36. The number of carbonyl (C=O) groups excluding carboxylic acids is 1. The lowest BCUT2D eigenvalue weighted by Crippen LogP contribution is -2.26. The molecular formula is C16H19NO2. The van der Waals surface area contributed by atoms with E-state index in [1.807, 2.05) is 19.1 Å². The molecule has 19 heavy (non-hydrogen) atoms. The lowest BCUT2D eigenvalue weighted by atomic mass is 10.0. The zero-order valence-electron chi connectivity index (χ0n) is 11.4. The van der Waals surface area contributed by atoms with Crippen LogP contribution in [0.15, 0.2) is 18.2 Å². The summed E-state index contributed by atoms with van der Waals surface area (Å²) in [4.78, 5) is 12.1. The molecule has 0 aromatic heterocycles. The molecule has 0 heterocycles. The summed E-state index contributed by atoms with van der Waals surface area (Å²) in [6.07, 6.45) is 2.21. The molecule has 1 aromatic carbocycles. The number of hydrogen-bond acceptors (Lipinski definition) is 2. The highest BCUT2D eigenvalue weighted by molar-refractivity contribution is 5.95. The summed E-state index contributed by atoms with van der Waals surface area (Å²) in [7, 11) is 0. The summed E-state index contributed by atoms with van der Waals surface area (Å²) >= 11 is 0. The summed E-state index contributed by atoms with van der Waals surface area (Å²) in [5, 5.41) is 11.8. The van der Waals surface area contributed by atoms with Crippen LogP contribution in [0.2, 0.25) is 0 Å². The Kier molecular flexibility index (Phi) is 4.24. The lowest BCUT2D eigenvalue weighted by Gasteiger charge is -2.06. The maximum absolute atomic E-state index is 12.1. The van der Waals surface area contributed by atoms with Gasteiger partial charge in [0.25, 0.3) is 5.91 Å². The molecule has 0 spiro atoms. The number of amides is 1. The molecule has 0 bridgehead atoms. The summed E-state index contributed by atoms with van der Waals surface area (Å²) < 4.78 is 0. The van der Waals surface area contributed by atoms with Crippen LogP contribution < -0.4 is 5.32 Å². The Labute approximate surface area is 114 Å². The molecule has 1 aliphatic carbocycles. The topological polar surface area (TPSA) is 49.3 Å². The van der Waals surface area contributed by atoms with Crippen molar-refractivity contribution in [1.29, 1.82) is 0 Å². The van der Waals surface area contributed by atoms with Gasteiger partial charge < -0.3 is 10.4 Å². The van der Waals surface area contributed by atoms with Crippen molar-refractivity contribution in [3.8, 4) is 11.8 Å². The van der Waals surface area contributed by atoms with Gasteiger partial charge in [-0.05, 0) is 37.0 Å². The molecule has 0 aliphatic heterocycles. The fraction of sp³-hybridized carbons (Fsp3) is 0.438. The highest BCUT2D eigenvalue weighted by atomic mass is 16.2. The van der Waals surface area contributed by atoms with Crippen LogP contribution in [0, 0.1) is 24.7 Å². The molecule has 1 fully saturated rings. The summed E-state index contributed by atoms with van der Waals surface area (Å²) in [6, 6.07) is 5.83. The number of benzene rings is 1. The Morgan fingerprint density at radius 2 is 2.32 bits per heavy atom. The van der Waals surface area contributed by atoms with E-state index in [0.29, 0.717) is 17.5 Å². The van der Waals surface area contributed by atoms with Gasteiger partial charge in [-0.2, -0.15) is 0 Å². The second-order valence-corrected chi connectivity index (χ2v) is 4.97. The Bertz CT molecular complexity index is 539. The van der Waals surface area contributed by atoms with E-state index < -0.39 is 0 Å². The Morgan fingerprint density at radius 3 is 2.95 bits per heavy atom. The normalized spacial score (nSPS) is 20.4.